The van der Waals surface area contributed by atoms with Crippen LogP contribution in [0.2, 0.25) is 0 Å². The Kier molecular flexibility index (Phi) is 6.15. The van der Waals surface area contributed by atoms with Crippen molar-refractivity contribution in [3.05, 3.63) is 30.3 Å². The lowest BCUT2D eigenvalue weighted by molar-refractivity contribution is 0.586. The van der Waals surface area contributed by atoms with Gasteiger partial charge in [-0.3, -0.25) is 4.31 Å². The zero-order chi connectivity index (χ0) is 13.4. The number of sulfonamides is 1. The number of nitrogens with one attached hydrogen (secondary N) is 1. The number of nitrogens with zero attached hydrogens (tertiary/aromatic N) is 1. The highest BCUT2D eigenvalue weighted by atomic mass is 32.2. The molecule has 0 heterocycles. The van der Waals surface area contributed by atoms with Crippen LogP contribution in [0.1, 0.15) is 19.8 Å². The van der Waals surface area contributed by atoms with E-state index in [0.717, 1.165) is 19.5 Å². The highest BCUT2D eigenvalue weighted by Gasteiger charge is 2.17. The lowest BCUT2D eigenvalue weighted by Crippen LogP contribution is -2.29. The van der Waals surface area contributed by atoms with E-state index in [-0.39, 0.29) is 5.75 Å². The van der Waals surface area contributed by atoms with E-state index < -0.39 is 10.0 Å². The molecule has 5 heteroatoms. The Morgan fingerprint density at radius 2 is 1.83 bits per heavy atom. The van der Waals surface area contributed by atoms with Crippen molar-refractivity contribution >= 4 is 15.7 Å². The quantitative estimate of drug-likeness (QED) is 0.733. The second-order valence-electron chi connectivity index (χ2n) is 4.18. The van der Waals surface area contributed by atoms with E-state index in [1.807, 2.05) is 25.1 Å². The number of rotatable bonds is 8. The van der Waals surface area contributed by atoms with Crippen LogP contribution in [0.15, 0.2) is 30.3 Å². The molecule has 0 fully saturated rings. The van der Waals surface area contributed by atoms with E-state index in [9.17, 15) is 8.42 Å². The number of benzene rings is 1. The van der Waals surface area contributed by atoms with Gasteiger partial charge in [0.25, 0.3) is 0 Å². The Bertz CT molecular complexity index is 432. The second-order valence-corrected chi connectivity index (χ2v) is 6.30. The van der Waals surface area contributed by atoms with Crippen molar-refractivity contribution in [2.24, 2.45) is 0 Å². The first kappa shape index (κ1) is 15.0. The van der Waals surface area contributed by atoms with Gasteiger partial charge in [0.2, 0.25) is 10.0 Å². The molecule has 0 aromatic heterocycles. The van der Waals surface area contributed by atoms with Crippen LogP contribution < -0.4 is 9.62 Å². The van der Waals surface area contributed by atoms with Gasteiger partial charge in [0.1, 0.15) is 0 Å². The normalized spacial score (nSPS) is 11.4. The zero-order valence-corrected chi connectivity index (χ0v) is 11.9. The standard InChI is InChI=1S/C13H22N2O2S/c1-3-14-11-7-8-12-18(16,17)15(2)13-9-5-4-6-10-13/h4-6,9-10,14H,3,7-8,11-12H2,1-2H3. The Labute approximate surface area is 110 Å². The van der Waals surface area contributed by atoms with Gasteiger partial charge in [0.05, 0.1) is 11.4 Å². The van der Waals surface area contributed by atoms with Crippen molar-refractivity contribution in [2.45, 2.75) is 19.8 Å². The van der Waals surface area contributed by atoms with Gasteiger partial charge in [-0.1, -0.05) is 25.1 Å². The fourth-order valence-electron chi connectivity index (χ4n) is 1.65. The van der Waals surface area contributed by atoms with Crippen LogP contribution in [0, 0.1) is 0 Å². The van der Waals surface area contributed by atoms with E-state index in [1.54, 1.807) is 19.2 Å². The highest BCUT2D eigenvalue weighted by molar-refractivity contribution is 7.92. The molecule has 1 N–H and O–H groups in total. The molecule has 4 nitrogen and oxygen atoms in total. The van der Waals surface area contributed by atoms with E-state index in [4.69, 9.17) is 0 Å². The Hall–Kier alpha value is -1.07. The van der Waals surface area contributed by atoms with Gasteiger partial charge in [-0.15, -0.1) is 0 Å². The molecular weight excluding hydrogens is 248 g/mol. The van der Waals surface area contributed by atoms with Crippen molar-refractivity contribution in [3.63, 3.8) is 0 Å². The highest BCUT2D eigenvalue weighted by Crippen LogP contribution is 2.16. The summed E-state index contributed by atoms with van der Waals surface area (Å²) in [5.74, 6) is 0.198. The molecule has 102 valence electrons. The lowest BCUT2D eigenvalue weighted by atomic mass is 10.3. The molecule has 0 unspecified atom stereocenters. The van der Waals surface area contributed by atoms with Crippen LogP contribution in [0.25, 0.3) is 0 Å². The average Bonchev–Trinajstić information content (AvgIpc) is 2.38. The third-order valence-electron chi connectivity index (χ3n) is 2.79. The van der Waals surface area contributed by atoms with Crippen molar-refractivity contribution in [1.82, 2.24) is 5.32 Å². The van der Waals surface area contributed by atoms with Crippen LogP contribution in [-0.2, 0) is 10.0 Å². The molecule has 0 aliphatic carbocycles. The maximum absolute atomic E-state index is 12.1. The van der Waals surface area contributed by atoms with Crippen LogP contribution >= 0.6 is 0 Å². The van der Waals surface area contributed by atoms with Gasteiger partial charge in [-0.25, -0.2) is 8.42 Å². The molecule has 0 amide bonds. The topological polar surface area (TPSA) is 49.4 Å². The molecular formula is C13H22N2O2S. The number of hydrogen-bond acceptors (Lipinski definition) is 3. The summed E-state index contributed by atoms with van der Waals surface area (Å²) >= 11 is 0. The van der Waals surface area contributed by atoms with Gasteiger partial charge < -0.3 is 5.32 Å². The summed E-state index contributed by atoms with van der Waals surface area (Å²) in [5, 5.41) is 3.19. The minimum atomic E-state index is -3.19. The van der Waals surface area contributed by atoms with Gasteiger partial charge in [0, 0.05) is 7.05 Å². The zero-order valence-electron chi connectivity index (χ0n) is 11.1. The molecule has 0 saturated heterocycles. The Morgan fingerprint density at radius 3 is 2.44 bits per heavy atom. The molecule has 0 atom stereocenters. The van der Waals surface area contributed by atoms with Crippen molar-refractivity contribution in [2.75, 3.05) is 30.2 Å². The molecule has 1 rings (SSSR count). The largest absolute Gasteiger partial charge is 0.317 e. The molecule has 0 aliphatic rings. The Balaban J connectivity index is 2.48. The number of hydrogen-bond donors (Lipinski definition) is 1. The summed E-state index contributed by atoms with van der Waals surface area (Å²) in [5.41, 5.74) is 0.712. The van der Waals surface area contributed by atoms with Crippen LogP contribution in [0.3, 0.4) is 0 Å². The number of anilines is 1. The summed E-state index contributed by atoms with van der Waals surface area (Å²) in [7, 11) is -1.59. The van der Waals surface area contributed by atoms with Crippen LogP contribution in [-0.4, -0.2) is 34.3 Å². The summed E-state index contributed by atoms with van der Waals surface area (Å²) in [6.45, 7) is 3.84. The second kappa shape index (κ2) is 7.38. The monoisotopic (exact) mass is 270 g/mol. The van der Waals surface area contributed by atoms with E-state index in [0.29, 0.717) is 12.1 Å². The minimum absolute atomic E-state index is 0.198. The van der Waals surface area contributed by atoms with Gasteiger partial charge >= 0.3 is 0 Å². The molecule has 0 saturated carbocycles. The molecule has 0 aliphatic heterocycles. The Morgan fingerprint density at radius 1 is 1.17 bits per heavy atom. The van der Waals surface area contributed by atoms with Crippen molar-refractivity contribution < 1.29 is 8.42 Å². The molecule has 1 aromatic carbocycles. The van der Waals surface area contributed by atoms with E-state index in [2.05, 4.69) is 5.32 Å². The number of unbranched alkanes of at least 4 members (excludes halogenated alkanes) is 1. The molecule has 1 aromatic rings. The van der Waals surface area contributed by atoms with Crippen molar-refractivity contribution in [1.29, 1.82) is 0 Å². The predicted octanol–water partition coefficient (Wildman–Crippen LogP) is 1.84. The van der Waals surface area contributed by atoms with E-state index in [1.165, 1.54) is 4.31 Å². The molecule has 18 heavy (non-hydrogen) atoms. The third kappa shape index (κ3) is 4.66. The average molecular weight is 270 g/mol. The first-order valence-corrected chi connectivity index (χ1v) is 7.91. The van der Waals surface area contributed by atoms with Gasteiger partial charge in [-0.05, 0) is 38.1 Å². The third-order valence-corrected chi connectivity index (χ3v) is 4.64. The fourth-order valence-corrected chi connectivity index (χ4v) is 2.93. The van der Waals surface area contributed by atoms with Crippen LogP contribution in [0.4, 0.5) is 5.69 Å². The maximum Gasteiger partial charge on any atom is 0.234 e. The summed E-state index contributed by atoms with van der Waals surface area (Å²) < 4.78 is 25.5. The first-order valence-electron chi connectivity index (χ1n) is 6.30. The SMILES string of the molecule is CCNCCCCS(=O)(=O)N(C)c1ccccc1. The minimum Gasteiger partial charge on any atom is -0.317 e. The van der Waals surface area contributed by atoms with Gasteiger partial charge in [0.15, 0.2) is 0 Å². The fraction of sp³-hybridized carbons (Fsp3) is 0.538. The molecule has 0 radical (unpaired) electrons. The molecule has 0 bridgehead atoms. The summed E-state index contributed by atoms with van der Waals surface area (Å²) in [6, 6.07) is 9.16. The van der Waals surface area contributed by atoms with Crippen LogP contribution in [0.5, 0.6) is 0 Å². The maximum atomic E-state index is 12.1. The predicted molar refractivity (Wildman–Crippen MR) is 76.4 cm³/mol. The summed E-state index contributed by atoms with van der Waals surface area (Å²) in [6.07, 6.45) is 1.57. The smallest absolute Gasteiger partial charge is 0.234 e. The van der Waals surface area contributed by atoms with Crippen molar-refractivity contribution in [3.8, 4) is 0 Å². The lowest BCUT2D eigenvalue weighted by Gasteiger charge is -2.19. The van der Waals surface area contributed by atoms with Gasteiger partial charge in [-0.2, -0.15) is 0 Å². The molecule has 0 spiro atoms. The van der Waals surface area contributed by atoms with E-state index >= 15 is 0 Å². The number of para-hydroxylation sites is 1. The summed E-state index contributed by atoms with van der Waals surface area (Å²) in [4.78, 5) is 0. The first-order chi connectivity index (χ1) is 8.58.